The smallest absolute Gasteiger partial charge is 0.130 e. The van der Waals surface area contributed by atoms with Gasteiger partial charge in [-0.15, -0.1) is 11.3 Å². The molecule has 0 bridgehead atoms. The Balaban J connectivity index is 1.86. The second kappa shape index (κ2) is 4.69. The molecule has 0 saturated heterocycles. The first-order valence-electron chi connectivity index (χ1n) is 6.37. The number of rotatable bonds is 2. The molecule has 1 unspecified atom stereocenters. The van der Waals surface area contributed by atoms with Crippen molar-refractivity contribution in [3.05, 3.63) is 39.5 Å². The molecular formula is C14H17N3S. The van der Waals surface area contributed by atoms with Crippen LogP contribution in [-0.4, -0.2) is 9.97 Å². The number of aromatic nitrogens is 2. The van der Waals surface area contributed by atoms with Crippen LogP contribution in [-0.2, 0) is 6.42 Å². The van der Waals surface area contributed by atoms with E-state index in [1.807, 2.05) is 31.3 Å². The van der Waals surface area contributed by atoms with Crippen LogP contribution in [0.4, 0.5) is 5.82 Å². The maximum absolute atomic E-state index is 4.47. The van der Waals surface area contributed by atoms with E-state index >= 15 is 0 Å². The number of fused-ring (bicyclic) bond motifs is 1. The Labute approximate surface area is 111 Å². The van der Waals surface area contributed by atoms with Crippen LogP contribution in [0.2, 0.25) is 0 Å². The minimum atomic E-state index is 0.411. The number of hydrogen-bond acceptors (Lipinski definition) is 4. The van der Waals surface area contributed by atoms with Crippen molar-refractivity contribution in [3.63, 3.8) is 0 Å². The first-order valence-corrected chi connectivity index (χ1v) is 7.25. The van der Waals surface area contributed by atoms with Crippen LogP contribution in [0.5, 0.6) is 0 Å². The third-order valence-electron chi connectivity index (χ3n) is 3.34. The van der Waals surface area contributed by atoms with Crippen molar-refractivity contribution in [2.45, 2.75) is 39.2 Å². The fourth-order valence-electron chi connectivity index (χ4n) is 2.61. The van der Waals surface area contributed by atoms with Gasteiger partial charge in [0.05, 0.1) is 6.04 Å². The van der Waals surface area contributed by atoms with Gasteiger partial charge in [0.1, 0.15) is 11.6 Å². The summed E-state index contributed by atoms with van der Waals surface area (Å²) in [6, 6.07) is 4.68. The highest BCUT2D eigenvalue weighted by Gasteiger charge is 2.21. The number of aryl methyl sites for hydroxylation is 3. The van der Waals surface area contributed by atoms with Gasteiger partial charge in [0.15, 0.2) is 0 Å². The number of nitrogens with one attached hydrogen (secondary N) is 1. The highest BCUT2D eigenvalue weighted by atomic mass is 32.1. The molecule has 0 spiro atoms. The maximum Gasteiger partial charge on any atom is 0.130 e. The Morgan fingerprint density at radius 3 is 3.06 bits per heavy atom. The Hall–Kier alpha value is -1.42. The Kier molecular flexibility index (Phi) is 3.04. The van der Waals surface area contributed by atoms with Crippen molar-refractivity contribution in [3.8, 4) is 0 Å². The van der Waals surface area contributed by atoms with Gasteiger partial charge in [-0.25, -0.2) is 9.97 Å². The Morgan fingerprint density at radius 2 is 2.22 bits per heavy atom. The highest BCUT2D eigenvalue weighted by molar-refractivity contribution is 7.10. The van der Waals surface area contributed by atoms with Crippen molar-refractivity contribution in [1.29, 1.82) is 0 Å². The monoisotopic (exact) mass is 259 g/mol. The lowest BCUT2D eigenvalue weighted by Crippen LogP contribution is -2.16. The van der Waals surface area contributed by atoms with Crippen molar-refractivity contribution in [1.82, 2.24) is 9.97 Å². The lowest BCUT2D eigenvalue weighted by Gasteiger charge is -2.24. The summed E-state index contributed by atoms with van der Waals surface area (Å²) in [5, 5.41) is 5.76. The molecule has 0 amide bonds. The van der Waals surface area contributed by atoms with E-state index in [1.54, 1.807) is 0 Å². The van der Waals surface area contributed by atoms with E-state index in [9.17, 15) is 0 Å². The standard InChI is InChI=1S/C14H17N3S/c1-9-8-14(16-10(2)15-9)17-12-4-3-5-13-11(12)6-7-18-13/h6-8,12H,3-5H2,1-2H3,(H,15,16,17). The van der Waals surface area contributed by atoms with Crippen LogP contribution in [0, 0.1) is 13.8 Å². The molecule has 2 aromatic heterocycles. The fourth-order valence-corrected chi connectivity index (χ4v) is 3.59. The lowest BCUT2D eigenvalue weighted by molar-refractivity contribution is 0.606. The minimum absolute atomic E-state index is 0.411. The lowest BCUT2D eigenvalue weighted by atomic mass is 9.94. The van der Waals surface area contributed by atoms with Gasteiger partial charge >= 0.3 is 0 Å². The molecule has 1 N–H and O–H groups in total. The Bertz CT molecular complexity index is 542. The maximum atomic E-state index is 4.47. The molecule has 0 fully saturated rings. The van der Waals surface area contributed by atoms with Gasteiger partial charge in [0, 0.05) is 16.6 Å². The minimum Gasteiger partial charge on any atom is -0.363 e. The van der Waals surface area contributed by atoms with E-state index < -0.39 is 0 Å². The fraction of sp³-hybridized carbons (Fsp3) is 0.429. The number of hydrogen-bond donors (Lipinski definition) is 1. The van der Waals surface area contributed by atoms with Gasteiger partial charge in [-0.05, 0) is 50.1 Å². The summed E-state index contributed by atoms with van der Waals surface area (Å²) in [7, 11) is 0. The molecule has 3 rings (SSSR count). The molecule has 1 atom stereocenters. The summed E-state index contributed by atoms with van der Waals surface area (Å²) in [5.41, 5.74) is 2.48. The zero-order valence-corrected chi connectivity index (χ0v) is 11.5. The van der Waals surface area contributed by atoms with Crippen molar-refractivity contribution in [2.24, 2.45) is 0 Å². The first-order chi connectivity index (χ1) is 8.72. The van der Waals surface area contributed by atoms with Gasteiger partial charge in [-0.1, -0.05) is 0 Å². The second-order valence-electron chi connectivity index (χ2n) is 4.83. The average molecular weight is 259 g/mol. The number of nitrogens with zero attached hydrogens (tertiary/aromatic N) is 2. The molecule has 2 heterocycles. The normalized spacial score (nSPS) is 18.4. The van der Waals surface area contributed by atoms with Crippen LogP contribution < -0.4 is 5.32 Å². The van der Waals surface area contributed by atoms with Gasteiger partial charge < -0.3 is 5.32 Å². The zero-order valence-electron chi connectivity index (χ0n) is 10.7. The van der Waals surface area contributed by atoms with E-state index in [-0.39, 0.29) is 0 Å². The third-order valence-corrected chi connectivity index (χ3v) is 4.34. The molecule has 1 aliphatic carbocycles. The molecule has 1 aliphatic rings. The molecule has 0 radical (unpaired) electrons. The topological polar surface area (TPSA) is 37.8 Å². The van der Waals surface area contributed by atoms with E-state index in [2.05, 4.69) is 26.7 Å². The van der Waals surface area contributed by atoms with Crippen molar-refractivity contribution >= 4 is 17.2 Å². The molecular weight excluding hydrogens is 242 g/mol. The van der Waals surface area contributed by atoms with Gasteiger partial charge in [-0.2, -0.15) is 0 Å². The van der Waals surface area contributed by atoms with Crippen molar-refractivity contribution < 1.29 is 0 Å². The first kappa shape index (κ1) is 11.7. The Morgan fingerprint density at radius 1 is 1.33 bits per heavy atom. The summed E-state index contributed by atoms with van der Waals surface area (Å²) in [6.07, 6.45) is 3.67. The predicted molar refractivity (Wildman–Crippen MR) is 75.1 cm³/mol. The van der Waals surface area contributed by atoms with E-state index in [1.165, 1.54) is 29.7 Å². The summed E-state index contributed by atoms with van der Waals surface area (Å²) >= 11 is 1.87. The number of anilines is 1. The molecule has 2 aromatic rings. The van der Waals surface area contributed by atoms with Gasteiger partial charge in [0.25, 0.3) is 0 Å². The molecule has 18 heavy (non-hydrogen) atoms. The summed E-state index contributed by atoms with van der Waals surface area (Å²) in [5.74, 6) is 1.78. The molecule has 94 valence electrons. The van der Waals surface area contributed by atoms with Crippen LogP contribution in [0.25, 0.3) is 0 Å². The van der Waals surface area contributed by atoms with E-state index in [0.717, 1.165) is 17.3 Å². The van der Waals surface area contributed by atoms with Gasteiger partial charge in [0.2, 0.25) is 0 Å². The highest BCUT2D eigenvalue weighted by Crippen LogP contribution is 2.35. The van der Waals surface area contributed by atoms with Crippen LogP contribution in [0.15, 0.2) is 17.5 Å². The largest absolute Gasteiger partial charge is 0.363 e. The van der Waals surface area contributed by atoms with E-state index in [0.29, 0.717) is 6.04 Å². The number of thiophene rings is 1. The quantitative estimate of drug-likeness (QED) is 0.894. The van der Waals surface area contributed by atoms with E-state index in [4.69, 9.17) is 0 Å². The third kappa shape index (κ3) is 2.25. The summed E-state index contributed by atoms with van der Waals surface area (Å²) in [6.45, 7) is 3.95. The SMILES string of the molecule is Cc1cc(NC2CCCc3sccc32)nc(C)n1. The predicted octanol–water partition coefficient (Wildman–Crippen LogP) is 3.64. The molecule has 0 aliphatic heterocycles. The molecule has 3 nitrogen and oxygen atoms in total. The molecule has 0 saturated carbocycles. The summed E-state index contributed by atoms with van der Waals surface area (Å²) in [4.78, 5) is 10.3. The molecule has 0 aromatic carbocycles. The molecule has 4 heteroatoms. The second-order valence-corrected chi connectivity index (χ2v) is 5.83. The van der Waals surface area contributed by atoms with Crippen molar-refractivity contribution in [2.75, 3.05) is 5.32 Å². The van der Waals surface area contributed by atoms with Crippen LogP contribution in [0.3, 0.4) is 0 Å². The van der Waals surface area contributed by atoms with Crippen LogP contribution in [0.1, 0.15) is 40.8 Å². The zero-order chi connectivity index (χ0) is 12.5. The summed E-state index contributed by atoms with van der Waals surface area (Å²) < 4.78 is 0. The van der Waals surface area contributed by atoms with Gasteiger partial charge in [-0.3, -0.25) is 0 Å². The van der Waals surface area contributed by atoms with Crippen LogP contribution >= 0.6 is 11.3 Å². The average Bonchev–Trinajstić information content (AvgIpc) is 2.76.